The first-order valence-corrected chi connectivity index (χ1v) is 12.3. The third-order valence-electron chi connectivity index (χ3n) is 6.19. The summed E-state index contributed by atoms with van der Waals surface area (Å²) < 4.78 is 5.13. The van der Waals surface area contributed by atoms with Gasteiger partial charge in [0.15, 0.2) is 0 Å². The maximum Gasteiger partial charge on any atom is 0.323 e. The van der Waals surface area contributed by atoms with Crippen LogP contribution in [-0.4, -0.2) is 53.4 Å². The number of benzene rings is 2. The molecule has 0 spiro atoms. The van der Waals surface area contributed by atoms with Gasteiger partial charge in [-0.3, -0.25) is 19.4 Å². The van der Waals surface area contributed by atoms with Gasteiger partial charge in [-0.2, -0.15) is 0 Å². The first-order valence-electron chi connectivity index (χ1n) is 12.3. The van der Waals surface area contributed by atoms with E-state index < -0.39 is 24.1 Å². The van der Waals surface area contributed by atoms with Crippen LogP contribution in [0.3, 0.4) is 0 Å². The summed E-state index contributed by atoms with van der Waals surface area (Å²) in [5.74, 6) is -0.615. The maximum absolute atomic E-state index is 13.0. The lowest BCUT2D eigenvalue weighted by atomic mass is 10.0. The van der Waals surface area contributed by atoms with Gasteiger partial charge in [0.05, 0.1) is 25.1 Å². The van der Waals surface area contributed by atoms with Crippen LogP contribution in [0.5, 0.6) is 0 Å². The van der Waals surface area contributed by atoms with Crippen LogP contribution in [0.25, 0.3) is 0 Å². The van der Waals surface area contributed by atoms with E-state index in [2.05, 4.69) is 15.6 Å². The Morgan fingerprint density at radius 2 is 1.87 bits per heavy atom. The standard InChI is InChI=1S/C28H29N5O5/c1-2-38-27(36)16-25(20-8-7-13-29-17-20)33(19-34)24-15-26(35)32(18-24)23-12-6-11-22(14-23)31-28(37)30-21-9-4-3-5-10-21/h3-14,17,19,24-25H,2,15-16,18H2,1H3,(H2,30,31,37). The summed E-state index contributed by atoms with van der Waals surface area (Å²) in [6, 6.07) is 18.0. The number of rotatable bonds is 10. The number of carbonyl (C=O) groups is 4. The van der Waals surface area contributed by atoms with Gasteiger partial charge >= 0.3 is 12.0 Å². The number of carbonyl (C=O) groups excluding carboxylic acids is 4. The van der Waals surface area contributed by atoms with Crippen LogP contribution in [-0.2, 0) is 19.1 Å². The molecule has 4 rings (SSSR count). The molecule has 38 heavy (non-hydrogen) atoms. The highest BCUT2D eigenvalue weighted by molar-refractivity contribution is 6.01. The van der Waals surface area contributed by atoms with Crippen molar-refractivity contribution in [2.75, 3.05) is 28.7 Å². The molecule has 0 aliphatic carbocycles. The number of hydrogen-bond donors (Lipinski definition) is 2. The number of amides is 4. The van der Waals surface area contributed by atoms with Crippen molar-refractivity contribution in [1.29, 1.82) is 0 Å². The van der Waals surface area contributed by atoms with E-state index >= 15 is 0 Å². The first kappa shape index (κ1) is 26.3. The minimum absolute atomic E-state index is 0.0567. The van der Waals surface area contributed by atoms with Crippen LogP contribution in [0, 0.1) is 0 Å². The summed E-state index contributed by atoms with van der Waals surface area (Å²) in [6.45, 7) is 2.18. The van der Waals surface area contributed by atoms with Gasteiger partial charge in [-0.1, -0.05) is 30.3 Å². The molecule has 2 atom stereocenters. The zero-order valence-electron chi connectivity index (χ0n) is 20.9. The number of nitrogens with one attached hydrogen (secondary N) is 2. The Morgan fingerprint density at radius 3 is 2.58 bits per heavy atom. The maximum atomic E-state index is 13.0. The van der Waals surface area contributed by atoms with E-state index in [1.54, 1.807) is 72.7 Å². The van der Waals surface area contributed by atoms with E-state index in [9.17, 15) is 19.2 Å². The molecule has 1 aromatic heterocycles. The van der Waals surface area contributed by atoms with Crippen LogP contribution < -0.4 is 15.5 Å². The number of urea groups is 1. The van der Waals surface area contributed by atoms with Gasteiger partial charge in [0.2, 0.25) is 12.3 Å². The summed E-state index contributed by atoms with van der Waals surface area (Å²) in [5, 5.41) is 5.53. The molecule has 2 heterocycles. The van der Waals surface area contributed by atoms with Crippen LogP contribution in [0.15, 0.2) is 79.1 Å². The number of anilines is 3. The fourth-order valence-corrected chi connectivity index (χ4v) is 4.46. The van der Waals surface area contributed by atoms with E-state index in [1.165, 1.54) is 4.90 Å². The van der Waals surface area contributed by atoms with Gasteiger partial charge in [0.1, 0.15) is 0 Å². The lowest BCUT2D eigenvalue weighted by Gasteiger charge is -2.32. The van der Waals surface area contributed by atoms with Gasteiger partial charge in [-0.25, -0.2) is 4.79 Å². The van der Waals surface area contributed by atoms with Crippen molar-refractivity contribution in [3.63, 3.8) is 0 Å². The number of nitrogens with zero attached hydrogens (tertiary/aromatic N) is 3. The minimum atomic E-state index is -0.632. The van der Waals surface area contributed by atoms with Crippen LogP contribution >= 0.6 is 0 Å². The number of hydrogen-bond acceptors (Lipinski definition) is 6. The highest BCUT2D eigenvalue weighted by atomic mass is 16.5. The smallest absolute Gasteiger partial charge is 0.323 e. The molecule has 2 aromatic carbocycles. The third kappa shape index (κ3) is 6.52. The molecular weight excluding hydrogens is 486 g/mol. The fourth-order valence-electron chi connectivity index (χ4n) is 4.46. The second kappa shape index (κ2) is 12.5. The van der Waals surface area contributed by atoms with Gasteiger partial charge in [0.25, 0.3) is 0 Å². The highest BCUT2D eigenvalue weighted by Crippen LogP contribution is 2.32. The van der Waals surface area contributed by atoms with E-state index in [4.69, 9.17) is 4.74 Å². The Hall–Kier alpha value is -4.73. The molecule has 1 aliphatic heterocycles. The van der Waals surface area contributed by atoms with Gasteiger partial charge in [-0.05, 0) is 48.9 Å². The van der Waals surface area contributed by atoms with E-state index in [1.807, 2.05) is 18.2 Å². The Balaban J connectivity index is 1.49. The number of para-hydroxylation sites is 1. The molecule has 196 valence electrons. The van der Waals surface area contributed by atoms with E-state index in [-0.39, 0.29) is 31.9 Å². The second-order valence-electron chi connectivity index (χ2n) is 8.72. The van der Waals surface area contributed by atoms with Crippen LogP contribution in [0.4, 0.5) is 21.9 Å². The molecule has 1 fully saturated rings. The predicted octanol–water partition coefficient (Wildman–Crippen LogP) is 3.98. The Kier molecular flexibility index (Phi) is 8.65. The number of ether oxygens (including phenoxy) is 1. The molecule has 0 saturated carbocycles. The number of esters is 1. The average molecular weight is 516 g/mol. The Morgan fingerprint density at radius 1 is 1.11 bits per heavy atom. The van der Waals surface area contributed by atoms with E-state index in [0.717, 1.165) is 0 Å². The van der Waals surface area contributed by atoms with Crippen LogP contribution in [0.2, 0.25) is 0 Å². The van der Waals surface area contributed by atoms with Crippen molar-refractivity contribution in [3.8, 4) is 0 Å². The molecule has 3 aromatic rings. The van der Waals surface area contributed by atoms with Gasteiger partial charge in [-0.15, -0.1) is 0 Å². The molecule has 1 saturated heterocycles. The second-order valence-corrected chi connectivity index (χ2v) is 8.72. The molecule has 10 heteroatoms. The van der Waals surface area contributed by atoms with Gasteiger partial charge in [0, 0.05) is 42.4 Å². The topological polar surface area (TPSA) is 121 Å². The van der Waals surface area contributed by atoms with Crippen molar-refractivity contribution in [2.24, 2.45) is 0 Å². The summed E-state index contributed by atoms with van der Waals surface area (Å²) in [7, 11) is 0. The molecule has 2 N–H and O–H groups in total. The zero-order chi connectivity index (χ0) is 26.9. The molecule has 0 radical (unpaired) electrons. The van der Waals surface area contributed by atoms with Crippen molar-refractivity contribution >= 4 is 41.4 Å². The largest absolute Gasteiger partial charge is 0.466 e. The van der Waals surface area contributed by atoms with Crippen LogP contribution in [0.1, 0.15) is 31.4 Å². The predicted molar refractivity (Wildman–Crippen MR) is 142 cm³/mol. The Labute approximate surface area is 220 Å². The van der Waals surface area contributed by atoms with Crippen molar-refractivity contribution in [2.45, 2.75) is 31.8 Å². The van der Waals surface area contributed by atoms with Crippen molar-refractivity contribution in [1.82, 2.24) is 9.88 Å². The quantitative estimate of drug-likeness (QED) is 0.311. The van der Waals surface area contributed by atoms with Gasteiger partial charge < -0.3 is 25.2 Å². The number of pyridine rings is 1. The molecule has 0 bridgehead atoms. The summed E-state index contributed by atoms with van der Waals surface area (Å²) in [5.41, 5.74) is 2.42. The lowest BCUT2D eigenvalue weighted by Crippen LogP contribution is -2.40. The molecule has 2 unspecified atom stereocenters. The normalized spacial score (nSPS) is 15.4. The monoisotopic (exact) mass is 515 g/mol. The lowest BCUT2D eigenvalue weighted by molar-refractivity contribution is -0.145. The zero-order valence-corrected chi connectivity index (χ0v) is 20.9. The van der Waals surface area contributed by atoms with E-state index in [0.29, 0.717) is 29.0 Å². The Bertz CT molecular complexity index is 1270. The molecule has 1 aliphatic rings. The fraction of sp³-hybridized carbons (Fsp3) is 0.250. The third-order valence-corrected chi connectivity index (χ3v) is 6.19. The number of aromatic nitrogens is 1. The molecular formula is C28H29N5O5. The minimum Gasteiger partial charge on any atom is -0.466 e. The summed E-state index contributed by atoms with van der Waals surface area (Å²) in [4.78, 5) is 57.3. The van der Waals surface area contributed by atoms with Crippen molar-refractivity contribution < 1.29 is 23.9 Å². The highest BCUT2D eigenvalue weighted by Gasteiger charge is 2.38. The SMILES string of the molecule is CCOC(=O)CC(c1cccnc1)N(C=O)C1CC(=O)N(c2cccc(NC(=O)Nc3ccccc3)c2)C1. The van der Waals surface area contributed by atoms with Crippen molar-refractivity contribution in [3.05, 3.63) is 84.7 Å². The molecule has 10 nitrogen and oxygen atoms in total. The first-order chi connectivity index (χ1) is 18.5. The summed E-state index contributed by atoms with van der Waals surface area (Å²) >= 11 is 0. The average Bonchev–Trinajstić information content (AvgIpc) is 3.31. The molecule has 4 amide bonds. The summed E-state index contributed by atoms with van der Waals surface area (Å²) in [6.07, 6.45) is 3.91.